The van der Waals surface area contributed by atoms with Gasteiger partial charge < -0.3 is 15.4 Å². The van der Waals surface area contributed by atoms with Crippen LogP contribution in [0.5, 0.6) is 5.75 Å². The third-order valence-corrected chi connectivity index (χ3v) is 4.38. The maximum atomic E-state index is 12.7. The molecule has 3 aromatic carbocycles. The summed E-state index contributed by atoms with van der Waals surface area (Å²) in [7, 11) is 0. The molecule has 2 N–H and O–H groups in total. The quantitative estimate of drug-likeness (QED) is 0.537. The fraction of sp³-hybridized carbons (Fsp3) is 0.200. The van der Waals surface area contributed by atoms with Crippen molar-refractivity contribution in [3.63, 3.8) is 0 Å². The molecule has 3 aromatic rings. The first-order valence-corrected chi connectivity index (χ1v) is 10.0. The van der Waals surface area contributed by atoms with Gasteiger partial charge in [-0.25, -0.2) is 0 Å². The van der Waals surface area contributed by atoms with Crippen LogP contribution in [0.4, 0.5) is 11.4 Å². The third kappa shape index (κ3) is 6.21. The summed E-state index contributed by atoms with van der Waals surface area (Å²) in [6.07, 6.45) is 1.03. The Bertz CT molecular complexity index is 1000. The van der Waals surface area contributed by atoms with Crippen molar-refractivity contribution in [1.82, 2.24) is 0 Å². The Balaban J connectivity index is 1.61. The van der Waals surface area contributed by atoms with Gasteiger partial charge in [-0.1, -0.05) is 48.5 Å². The first-order valence-electron chi connectivity index (χ1n) is 10.0. The summed E-state index contributed by atoms with van der Waals surface area (Å²) in [5.74, 6) is 0.201. The summed E-state index contributed by atoms with van der Waals surface area (Å²) in [6, 6.07) is 24.1. The molecule has 0 aromatic heterocycles. The van der Waals surface area contributed by atoms with Crippen molar-refractivity contribution >= 4 is 23.2 Å². The zero-order chi connectivity index (χ0) is 21.3. The van der Waals surface area contributed by atoms with Crippen molar-refractivity contribution in [1.29, 1.82) is 0 Å². The number of carbonyl (C=O) groups excluding carboxylic acids is 2. The van der Waals surface area contributed by atoms with E-state index in [1.165, 1.54) is 0 Å². The van der Waals surface area contributed by atoms with E-state index in [2.05, 4.69) is 10.6 Å². The van der Waals surface area contributed by atoms with E-state index in [-0.39, 0.29) is 17.9 Å². The molecule has 0 aliphatic carbocycles. The number of ether oxygens (including phenoxy) is 1. The Morgan fingerprint density at radius 1 is 0.833 bits per heavy atom. The van der Waals surface area contributed by atoms with Crippen LogP contribution in [0.15, 0.2) is 78.9 Å². The van der Waals surface area contributed by atoms with Crippen LogP contribution in [0.25, 0.3) is 0 Å². The number of hydrogen-bond donors (Lipinski definition) is 2. The second-order valence-corrected chi connectivity index (χ2v) is 7.23. The molecule has 0 spiro atoms. The lowest BCUT2D eigenvalue weighted by Gasteiger charge is -2.14. The number of carbonyl (C=O) groups is 2. The van der Waals surface area contributed by atoms with Crippen LogP contribution in [0.2, 0.25) is 0 Å². The van der Waals surface area contributed by atoms with E-state index < -0.39 is 0 Å². The number of anilines is 2. The maximum absolute atomic E-state index is 12.7. The van der Waals surface area contributed by atoms with Gasteiger partial charge in [-0.2, -0.15) is 0 Å². The van der Waals surface area contributed by atoms with Crippen LogP contribution in [0.3, 0.4) is 0 Å². The molecule has 0 heterocycles. The minimum Gasteiger partial charge on any atom is -0.490 e. The van der Waals surface area contributed by atoms with Crippen LogP contribution >= 0.6 is 0 Å². The summed E-state index contributed by atoms with van der Waals surface area (Å²) >= 11 is 0. The maximum Gasteiger partial charge on any atom is 0.259 e. The highest BCUT2D eigenvalue weighted by Crippen LogP contribution is 2.22. The first kappa shape index (κ1) is 21.1. The summed E-state index contributed by atoms with van der Waals surface area (Å²) in [5, 5.41) is 5.76. The standard InChI is InChI=1S/C25H26N2O3/c1-18(2)30-23-14-7-6-13-22(23)25(29)27-21-12-8-11-20(17-21)26-24(28)16-15-19-9-4-3-5-10-19/h3-14,17-18H,15-16H2,1-2H3,(H,26,28)(H,27,29). The minimum absolute atomic E-state index is 0.0339. The fourth-order valence-corrected chi connectivity index (χ4v) is 3.01. The fourth-order valence-electron chi connectivity index (χ4n) is 3.01. The molecule has 0 unspecified atom stereocenters. The average molecular weight is 402 g/mol. The van der Waals surface area contributed by atoms with Crippen molar-refractivity contribution in [3.8, 4) is 5.75 Å². The van der Waals surface area contributed by atoms with Gasteiger partial charge in [0.1, 0.15) is 5.75 Å². The van der Waals surface area contributed by atoms with Gasteiger partial charge >= 0.3 is 0 Å². The van der Waals surface area contributed by atoms with E-state index in [0.717, 1.165) is 5.56 Å². The molecule has 2 amide bonds. The third-order valence-electron chi connectivity index (χ3n) is 4.38. The second-order valence-electron chi connectivity index (χ2n) is 7.23. The normalized spacial score (nSPS) is 10.5. The predicted octanol–water partition coefficient (Wildman–Crippen LogP) is 5.30. The Kier molecular flexibility index (Phi) is 7.22. The molecule has 0 fully saturated rings. The van der Waals surface area contributed by atoms with Gasteiger partial charge in [0.2, 0.25) is 5.91 Å². The monoisotopic (exact) mass is 402 g/mol. The molecule has 0 saturated carbocycles. The van der Waals surface area contributed by atoms with Gasteiger partial charge in [0.15, 0.2) is 0 Å². The summed E-state index contributed by atoms with van der Waals surface area (Å²) in [4.78, 5) is 25.0. The largest absolute Gasteiger partial charge is 0.490 e. The van der Waals surface area contributed by atoms with Gasteiger partial charge in [-0.15, -0.1) is 0 Å². The summed E-state index contributed by atoms with van der Waals surface area (Å²) in [6.45, 7) is 3.83. The highest BCUT2D eigenvalue weighted by molar-refractivity contribution is 6.06. The van der Waals surface area contributed by atoms with E-state index >= 15 is 0 Å². The molecule has 154 valence electrons. The molecular weight excluding hydrogens is 376 g/mol. The van der Waals surface area contributed by atoms with Crippen LogP contribution in [0.1, 0.15) is 36.2 Å². The number of para-hydroxylation sites is 1. The first-order chi connectivity index (χ1) is 14.5. The van der Waals surface area contributed by atoms with Gasteiger partial charge in [-0.3, -0.25) is 9.59 Å². The SMILES string of the molecule is CC(C)Oc1ccccc1C(=O)Nc1cccc(NC(=O)CCc2ccccc2)c1. The number of nitrogens with one attached hydrogen (secondary N) is 2. The number of hydrogen-bond acceptors (Lipinski definition) is 3. The summed E-state index contributed by atoms with van der Waals surface area (Å²) in [5.41, 5.74) is 2.82. The highest BCUT2D eigenvalue weighted by atomic mass is 16.5. The van der Waals surface area contributed by atoms with Crippen LogP contribution in [-0.4, -0.2) is 17.9 Å². The molecule has 0 atom stereocenters. The molecule has 30 heavy (non-hydrogen) atoms. The van der Waals surface area contributed by atoms with Crippen molar-refractivity contribution in [2.45, 2.75) is 32.8 Å². The van der Waals surface area contributed by atoms with E-state index in [1.54, 1.807) is 42.5 Å². The van der Waals surface area contributed by atoms with Crippen molar-refractivity contribution < 1.29 is 14.3 Å². The van der Waals surface area contributed by atoms with E-state index in [9.17, 15) is 9.59 Å². The number of aryl methyl sites for hydroxylation is 1. The van der Waals surface area contributed by atoms with Gasteiger partial charge in [0.05, 0.1) is 11.7 Å². The molecule has 0 aliphatic rings. The number of benzene rings is 3. The number of amides is 2. The molecule has 5 nitrogen and oxygen atoms in total. The smallest absolute Gasteiger partial charge is 0.259 e. The lowest BCUT2D eigenvalue weighted by molar-refractivity contribution is -0.116. The lowest BCUT2D eigenvalue weighted by atomic mass is 10.1. The highest BCUT2D eigenvalue weighted by Gasteiger charge is 2.13. The summed E-state index contributed by atoms with van der Waals surface area (Å²) < 4.78 is 5.73. The molecule has 0 saturated heterocycles. The zero-order valence-electron chi connectivity index (χ0n) is 17.2. The Morgan fingerprint density at radius 3 is 2.23 bits per heavy atom. The van der Waals surface area contributed by atoms with Crippen molar-refractivity contribution in [2.75, 3.05) is 10.6 Å². The van der Waals surface area contributed by atoms with Gasteiger partial charge in [0.25, 0.3) is 5.91 Å². The zero-order valence-corrected chi connectivity index (χ0v) is 17.2. The molecular formula is C25H26N2O3. The Labute approximate surface area is 177 Å². The topological polar surface area (TPSA) is 67.4 Å². The van der Waals surface area contributed by atoms with Crippen molar-refractivity contribution in [3.05, 3.63) is 90.0 Å². The van der Waals surface area contributed by atoms with Crippen molar-refractivity contribution in [2.24, 2.45) is 0 Å². The molecule has 3 rings (SSSR count). The molecule has 0 radical (unpaired) electrons. The van der Waals surface area contributed by atoms with E-state index in [0.29, 0.717) is 35.5 Å². The van der Waals surface area contributed by atoms with Crippen LogP contribution < -0.4 is 15.4 Å². The Hall–Kier alpha value is -3.60. The minimum atomic E-state index is -0.265. The van der Waals surface area contributed by atoms with Crippen LogP contribution in [-0.2, 0) is 11.2 Å². The lowest BCUT2D eigenvalue weighted by Crippen LogP contribution is -2.16. The van der Waals surface area contributed by atoms with Gasteiger partial charge in [-0.05, 0) is 56.2 Å². The molecule has 0 bridgehead atoms. The molecule has 5 heteroatoms. The Morgan fingerprint density at radius 2 is 1.50 bits per heavy atom. The van der Waals surface area contributed by atoms with E-state index in [4.69, 9.17) is 4.74 Å². The van der Waals surface area contributed by atoms with E-state index in [1.807, 2.05) is 50.2 Å². The number of rotatable bonds is 8. The van der Waals surface area contributed by atoms with Gasteiger partial charge in [0, 0.05) is 17.8 Å². The second kappa shape index (κ2) is 10.3. The molecule has 0 aliphatic heterocycles. The van der Waals surface area contributed by atoms with Crippen LogP contribution in [0, 0.1) is 0 Å². The predicted molar refractivity (Wildman–Crippen MR) is 120 cm³/mol. The average Bonchev–Trinajstić information content (AvgIpc) is 2.73.